The number of nitrogens with two attached hydrogens (primary N) is 1. The second-order valence-electron chi connectivity index (χ2n) is 3.95. The van der Waals surface area contributed by atoms with Gasteiger partial charge in [-0.15, -0.1) is 0 Å². The van der Waals surface area contributed by atoms with Gasteiger partial charge >= 0.3 is 0 Å². The summed E-state index contributed by atoms with van der Waals surface area (Å²) < 4.78 is 11.7. The Morgan fingerprint density at radius 1 is 1.56 bits per heavy atom. The molecule has 0 aliphatic carbocycles. The van der Waals surface area contributed by atoms with E-state index in [1.165, 1.54) is 0 Å². The summed E-state index contributed by atoms with van der Waals surface area (Å²) in [4.78, 5) is 11.8. The molecule has 1 amide bonds. The summed E-state index contributed by atoms with van der Waals surface area (Å²) in [5, 5.41) is 2.58. The van der Waals surface area contributed by atoms with Gasteiger partial charge in [0.15, 0.2) is 0 Å². The Morgan fingerprint density at radius 2 is 2.22 bits per heavy atom. The molecule has 1 aromatic rings. The molecular formula is C12H17ClN2O2S. The number of halogens is 1. The van der Waals surface area contributed by atoms with E-state index in [1.807, 2.05) is 6.92 Å². The topological polar surface area (TPSA) is 72.2 Å². The van der Waals surface area contributed by atoms with Crippen LogP contribution in [0.25, 0.3) is 0 Å². The minimum Gasteiger partial charge on any atom is -0.397 e. The fourth-order valence-electron chi connectivity index (χ4n) is 1.36. The van der Waals surface area contributed by atoms with Gasteiger partial charge in [-0.1, -0.05) is 18.5 Å². The number of benzene rings is 1. The number of nitrogens with one attached hydrogen (secondary N) is 1. The standard InChI is InChI=1S/C12H17ClN2O2S/c1-3-6-18(17)8(2)12(16)15-9-4-5-10(13)11(14)7-9/h4-5,7-8H,3,6,14H2,1-2H3,(H,15,16). The second kappa shape index (κ2) is 6.75. The highest BCUT2D eigenvalue weighted by Crippen LogP contribution is 2.22. The molecule has 1 rings (SSSR count). The Kier molecular flexibility index (Phi) is 5.62. The van der Waals surface area contributed by atoms with Crippen LogP contribution in [0.15, 0.2) is 18.2 Å². The van der Waals surface area contributed by atoms with Crippen LogP contribution in [0.1, 0.15) is 20.3 Å². The van der Waals surface area contributed by atoms with E-state index in [9.17, 15) is 9.00 Å². The monoisotopic (exact) mass is 288 g/mol. The number of amides is 1. The minimum absolute atomic E-state index is 0.275. The van der Waals surface area contributed by atoms with Crippen molar-refractivity contribution in [3.05, 3.63) is 23.2 Å². The van der Waals surface area contributed by atoms with E-state index in [-0.39, 0.29) is 5.91 Å². The maximum atomic E-state index is 11.8. The zero-order chi connectivity index (χ0) is 13.7. The predicted octanol–water partition coefficient (Wildman–Crippen LogP) is 2.41. The highest BCUT2D eigenvalue weighted by Gasteiger charge is 2.19. The zero-order valence-electron chi connectivity index (χ0n) is 10.4. The van der Waals surface area contributed by atoms with Crippen LogP contribution in [0.4, 0.5) is 11.4 Å². The summed E-state index contributed by atoms with van der Waals surface area (Å²) in [6.45, 7) is 3.59. The largest absolute Gasteiger partial charge is 0.397 e. The first-order valence-corrected chi connectivity index (χ1v) is 7.44. The molecule has 3 N–H and O–H groups in total. The van der Waals surface area contributed by atoms with Crippen molar-refractivity contribution in [3.8, 4) is 0 Å². The van der Waals surface area contributed by atoms with Gasteiger partial charge in [0.05, 0.1) is 10.7 Å². The molecule has 0 heterocycles. The van der Waals surface area contributed by atoms with E-state index >= 15 is 0 Å². The number of carbonyl (C=O) groups excluding carboxylic acids is 1. The van der Waals surface area contributed by atoms with Crippen molar-refractivity contribution in [2.75, 3.05) is 16.8 Å². The van der Waals surface area contributed by atoms with Gasteiger partial charge in [0.2, 0.25) is 5.91 Å². The first kappa shape index (κ1) is 15.0. The number of rotatable bonds is 5. The lowest BCUT2D eigenvalue weighted by Gasteiger charge is -2.12. The molecule has 100 valence electrons. The third-order valence-electron chi connectivity index (χ3n) is 2.43. The smallest absolute Gasteiger partial charge is 0.239 e. The van der Waals surface area contributed by atoms with Gasteiger partial charge in [-0.25, -0.2) is 0 Å². The molecule has 0 bridgehead atoms. The van der Waals surface area contributed by atoms with Crippen LogP contribution in [0.5, 0.6) is 0 Å². The normalized spacial score (nSPS) is 13.9. The predicted molar refractivity (Wildman–Crippen MR) is 77.3 cm³/mol. The number of carbonyl (C=O) groups is 1. The van der Waals surface area contributed by atoms with Crippen molar-refractivity contribution in [3.63, 3.8) is 0 Å². The minimum atomic E-state index is -1.15. The highest BCUT2D eigenvalue weighted by atomic mass is 35.5. The molecule has 0 saturated heterocycles. The maximum absolute atomic E-state index is 11.8. The Balaban J connectivity index is 2.69. The Morgan fingerprint density at radius 3 is 2.78 bits per heavy atom. The molecule has 18 heavy (non-hydrogen) atoms. The molecule has 6 heteroatoms. The molecule has 4 nitrogen and oxygen atoms in total. The number of hydrogen-bond donors (Lipinski definition) is 2. The molecular weight excluding hydrogens is 272 g/mol. The summed E-state index contributed by atoms with van der Waals surface area (Å²) in [6, 6.07) is 4.85. The lowest BCUT2D eigenvalue weighted by Crippen LogP contribution is -2.30. The van der Waals surface area contributed by atoms with E-state index in [0.29, 0.717) is 22.2 Å². The number of anilines is 2. The van der Waals surface area contributed by atoms with Gasteiger partial charge < -0.3 is 11.1 Å². The molecule has 0 saturated carbocycles. The van der Waals surface area contributed by atoms with E-state index in [1.54, 1.807) is 25.1 Å². The summed E-state index contributed by atoms with van der Waals surface area (Å²) in [6.07, 6.45) is 0.790. The number of hydrogen-bond acceptors (Lipinski definition) is 3. The molecule has 2 unspecified atom stereocenters. The van der Waals surface area contributed by atoms with Crippen LogP contribution in [0, 0.1) is 0 Å². The Hall–Kier alpha value is -1.07. The summed E-state index contributed by atoms with van der Waals surface area (Å²) >= 11 is 5.79. The fourth-order valence-corrected chi connectivity index (χ4v) is 2.53. The average Bonchev–Trinajstić information content (AvgIpc) is 2.33. The number of nitrogen functional groups attached to an aromatic ring is 1. The lowest BCUT2D eigenvalue weighted by molar-refractivity contribution is -0.115. The van der Waals surface area contributed by atoms with Crippen LogP contribution in [-0.2, 0) is 15.6 Å². The van der Waals surface area contributed by atoms with Gasteiger partial charge in [0.25, 0.3) is 0 Å². The average molecular weight is 289 g/mol. The maximum Gasteiger partial charge on any atom is 0.239 e. The van der Waals surface area contributed by atoms with Crippen LogP contribution >= 0.6 is 11.6 Å². The molecule has 0 aliphatic rings. The Bertz CT molecular complexity index is 465. The molecule has 0 fully saturated rings. The van der Waals surface area contributed by atoms with Crippen LogP contribution in [-0.4, -0.2) is 21.1 Å². The van der Waals surface area contributed by atoms with Crippen LogP contribution in [0.2, 0.25) is 5.02 Å². The van der Waals surface area contributed by atoms with Crippen molar-refractivity contribution >= 4 is 39.7 Å². The first-order valence-electron chi connectivity index (χ1n) is 5.68. The van der Waals surface area contributed by atoms with E-state index < -0.39 is 16.0 Å². The summed E-state index contributed by atoms with van der Waals surface area (Å²) in [5.74, 6) is 0.251. The first-order chi connectivity index (χ1) is 8.45. The van der Waals surface area contributed by atoms with Crippen LogP contribution < -0.4 is 11.1 Å². The fraction of sp³-hybridized carbons (Fsp3) is 0.417. The molecule has 0 spiro atoms. The highest BCUT2D eigenvalue weighted by molar-refractivity contribution is 7.86. The van der Waals surface area contributed by atoms with Crippen molar-refractivity contribution in [1.82, 2.24) is 0 Å². The molecule has 0 aromatic heterocycles. The van der Waals surface area contributed by atoms with E-state index in [4.69, 9.17) is 17.3 Å². The van der Waals surface area contributed by atoms with Gasteiger partial charge in [-0.05, 0) is 31.5 Å². The zero-order valence-corrected chi connectivity index (χ0v) is 12.0. The van der Waals surface area contributed by atoms with E-state index in [2.05, 4.69) is 5.32 Å². The molecule has 0 aliphatic heterocycles. The van der Waals surface area contributed by atoms with Crippen molar-refractivity contribution in [1.29, 1.82) is 0 Å². The third-order valence-corrected chi connectivity index (χ3v) is 4.59. The van der Waals surface area contributed by atoms with Gasteiger partial charge in [0.1, 0.15) is 5.25 Å². The van der Waals surface area contributed by atoms with Gasteiger partial charge in [-0.2, -0.15) is 0 Å². The van der Waals surface area contributed by atoms with Crippen molar-refractivity contribution in [2.24, 2.45) is 0 Å². The van der Waals surface area contributed by atoms with Gasteiger partial charge in [0, 0.05) is 22.2 Å². The van der Waals surface area contributed by atoms with Crippen molar-refractivity contribution < 1.29 is 9.00 Å². The van der Waals surface area contributed by atoms with Crippen molar-refractivity contribution in [2.45, 2.75) is 25.5 Å². The molecule has 1 aromatic carbocycles. The quantitative estimate of drug-likeness (QED) is 0.817. The van der Waals surface area contributed by atoms with E-state index in [0.717, 1.165) is 6.42 Å². The molecule has 0 radical (unpaired) electrons. The van der Waals surface area contributed by atoms with Crippen LogP contribution in [0.3, 0.4) is 0 Å². The molecule has 2 atom stereocenters. The summed E-state index contributed by atoms with van der Waals surface area (Å²) in [5.41, 5.74) is 6.59. The SMILES string of the molecule is CCCS(=O)C(C)C(=O)Nc1ccc(Cl)c(N)c1. The Labute approximate surface area is 114 Å². The third kappa shape index (κ3) is 3.99. The van der Waals surface area contributed by atoms with Gasteiger partial charge in [-0.3, -0.25) is 9.00 Å². The lowest BCUT2D eigenvalue weighted by atomic mass is 10.2. The summed E-state index contributed by atoms with van der Waals surface area (Å²) in [7, 11) is -1.15. The second-order valence-corrected chi connectivity index (χ2v) is 6.24.